The number of piperidine rings is 1. The number of hydrogen-bond donors (Lipinski definition) is 0. The van der Waals surface area contributed by atoms with Gasteiger partial charge < -0.3 is 4.90 Å². The summed E-state index contributed by atoms with van der Waals surface area (Å²) in [5.41, 5.74) is 0.926. The largest absolute Gasteiger partial charge is 0.342 e. The van der Waals surface area contributed by atoms with Crippen LogP contribution in [0.15, 0.2) is 47.6 Å². The Kier molecular flexibility index (Phi) is 4.88. The van der Waals surface area contributed by atoms with Gasteiger partial charge in [-0.2, -0.15) is 4.68 Å². The van der Waals surface area contributed by atoms with Gasteiger partial charge in [-0.15, -0.1) is 5.10 Å². The second-order valence-corrected chi connectivity index (χ2v) is 7.67. The van der Waals surface area contributed by atoms with Gasteiger partial charge in [0.25, 0.3) is 0 Å². The molecule has 0 saturated carbocycles. The van der Waals surface area contributed by atoms with Crippen molar-refractivity contribution >= 4 is 28.4 Å². The lowest BCUT2D eigenvalue weighted by Crippen LogP contribution is -2.38. The zero-order valence-corrected chi connectivity index (χ0v) is 15.5. The first-order chi connectivity index (χ1) is 12.7. The predicted molar refractivity (Wildman–Crippen MR) is 102 cm³/mol. The van der Waals surface area contributed by atoms with Gasteiger partial charge in [-0.3, -0.25) is 4.79 Å². The van der Waals surface area contributed by atoms with Crippen LogP contribution in [0.4, 0.5) is 0 Å². The molecule has 134 valence electrons. The average Bonchev–Trinajstić information content (AvgIpc) is 3.14. The SMILES string of the molecule is CC1CCN(C(=O)CSc2nnnn2-c2cccc3ccccc23)CC1. The fourth-order valence-corrected chi connectivity index (χ4v) is 4.08. The lowest BCUT2D eigenvalue weighted by atomic mass is 9.99. The molecule has 0 aliphatic carbocycles. The van der Waals surface area contributed by atoms with Crippen molar-refractivity contribution in [2.75, 3.05) is 18.8 Å². The number of nitrogens with zero attached hydrogens (tertiary/aromatic N) is 5. The van der Waals surface area contributed by atoms with Gasteiger partial charge in [-0.1, -0.05) is 55.1 Å². The molecule has 0 spiro atoms. The van der Waals surface area contributed by atoms with E-state index in [1.165, 1.54) is 11.8 Å². The van der Waals surface area contributed by atoms with E-state index in [2.05, 4.69) is 40.6 Å². The minimum atomic E-state index is 0.161. The molecule has 1 aliphatic rings. The zero-order valence-electron chi connectivity index (χ0n) is 14.7. The number of likely N-dealkylation sites (tertiary alicyclic amines) is 1. The number of tetrazole rings is 1. The van der Waals surface area contributed by atoms with Gasteiger partial charge in [0.05, 0.1) is 11.4 Å². The molecule has 7 heteroatoms. The number of aromatic nitrogens is 4. The molecule has 6 nitrogen and oxygen atoms in total. The summed E-state index contributed by atoms with van der Waals surface area (Å²) in [6.45, 7) is 3.96. The molecule has 2 aromatic carbocycles. The minimum Gasteiger partial charge on any atom is -0.342 e. The zero-order chi connectivity index (χ0) is 17.9. The first-order valence-corrected chi connectivity index (χ1v) is 9.88. The van der Waals surface area contributed by atoms with Gasteiger partial charge in [0.1, 0.15) is 0 Å². The smallest absolute Gasteiger partial charge is 0.233 e. The Morgan fingerprint density at radius 3 is 2.77 bits per heavy atom. The van der Waals surface area contributed by atoms with E-state index in [1.54, 1.807) is 4.68 Å². The van der Waals surface area contributed by atoms with Gasteiger partial charge in [0, 0.05) is 18.5 Å². The second kappa shape index (κ2) is 7.45. The van der Waals surface area contributed by atoms with Crippen molar-refractivity contribution in [1.29, 1.82) is 0 Å². The van der Waals surface area contributed by atoms with Crippen LogP contribution in [0.1, 0.15) is 19.8 Å². The van der Waals surface area contributed by atoms with Crippen LogP contribution in [-0.2, 0) is 4.79 Å². The average molecular weight is 367 g/mol. The summed E-state index contributed by atoms with van der Waals surface area (Å²) < 4.78 is 1.72. The molecule has 1 saturated heterocycles. The van der Waals surface area contributed by atoms with E-state index in [4.69, 9.17) is 0 Å². The van der Waals surface area contributed by atoms with Crippen molar-refractivity contribution in [3.8, 4) is 5.69 Å². The number of benzene rings is 2. The van der Waals surface area contributed by atoms with Crippen LogP contribution in [0.5, 0.6) is 0 Å². The predicted octanol–water partition coefficient (Wildman–Crippen LogP) is 3.17. The van der Waals surface area contributed by atoms with E-state index in [0.717, 1.165) is 42.4 Å². The minimum absolute atomic E-state index is 0.161. The number of fused-ring (bicyclic) bond motifs is 1. The normalized spacial score (nSPS) is 15.5. The van der Waals surface area contributed by atoms with Crippen LogP contribution in [0.2, 0.25) is 0 Å². The Morgan fingerprint density at radius 2 is 1.92 bits per heavy atom. The summed E-state index contributed by atoms with van der Waals surface area (Å²) >= 11 is 1.40. The molecule has 3 aromatic rings. The van der Waals surface area contributed by atoms with E-state index < -0.39 is 0 Å². The second-order valence-electron chi connectivity index (χ2n) is 6.72. The molecule has 0 bridgehead atoms. The fourth-order valence-electron chi connectivity index (χ4n) is 3.29. The summed E-state index contributed by atoms with van der Waals surface area (Å²) in [5, 5.41) is 14.9. The maximum atomic E-state index is 12.5. The number of carbonyl (C=O) groups is 1. The molecule has 2 heterocycles. The third kappa shape index (κ3) is 3.44. The van der Waals surface area contributed by atoms with Crippen molar-refractivity contribution in [3.63, 3.8) is 0 Å². The van der Waals surface area contributed by atoms with Crippen molar-refractivity contribution in [1.82, 2.24) is 25.1 Å². The molecule has 0 unspecified atom stereocenters. The topological polar surface area (TPSA) is 63.9 Å². The van der Waals surface area contributed by atoms with Crippen LogP contribution in [0.25, 0.3) is 16.5 Å². The highest BCUT2D eigenvalue weighted by atomic mass is 32.2. The van der Waals surface area contributed by atoms with Crippen LogP contribution < -0.4 is 0 Å². The molecular formula is C19H21N5OS. The van der Waals surface area contributed by atoms with Crippen LogP contribution >= 0.6 is 11.8 Å². The number of amides is 1. The molecule has 0 N–H and O–H groups in total. The number of carbonyl (C=O) groups excluding carboxylic acids is 1. The Hall–Kier alpha value is -2.41. The van der Waals surface area contributed by atoms with Crippen molar-refractivity contribution < 1.29 is 4.79 Å². The number of rotatable bonds is 4. The van der Waals surface area contributed by atoms with E-state index in [1.807, 2.05) is 29.2 Å². The van der Waals surface area contributed by atoms with Crippen LogP contribution in [0.3, 0.4) is 0 Å². The Morgan fingerprint density at radius 1 is 1.15 bits per heavy atom. The van der Waals surface area contributed by atoms with Crippen molar-refractivity contribution in [2.45, 2.75) is 24.9 Å². The number of hydrogen-bond acceptors (Lipinski definition) is 5. The third-order valence-electron chi connectivity index (χ3n) is 4.90. The molecule has 1 aromatic heterocycles. The maximum Gasteiger partial charge on any atom is 0.233 e. The highest BCUT2D eigenvalue weighted by Gasteiger charge is 2.21. The van der Waals surface area contributed by atoms with Gasteiger partial charge in [0.15, 0.2) is 0 Å². The Bertz CT molecular complexity index is 912. The maximum absolute atomic E-state index is 12.5. The fraction of sp³-hybridized carbons (Fsp3) is 0.368. The Balaban J connectivity index is 1.51. The summed E-state index contributed by atoms with van der Waals surface area (Å²) in [5.74, 6) is 1.24. The Labute approximate surface area is 156 Å². The lowest BCUT2D eigenvalue weighted by molar-refractivity contribution is -0.129. The molecule has 1 amide bonds. The highest BCUT2D eigenvalue weighted by molar-refractivity contribution is 7.99. The lowest BCUT2D eigenvalue weighted by Gasteiger charge is -2.30. The third-order valence-corrected chi connectivity index (χ3v) is 5.80. The van der Waals surface area contributed by atoms with Gasteiger partial charge in [0.2, 0.25) is 11.1 Å². The van der Waals surface area contributed by atoms with Crippen LogP contribution in [-0.4, -0.2) is 49.9 Å². The molecule has 26 heavy (non-hydrogen) atoms. The summed E-state index contributed by atoms with van der Waals surface area (Å²) in [4.78, 5) is 14.4. The first kappa shape index (κ1) is 17.0. The van der Waals surface area contributed by atoms with Gasteiger partial charge in [-0.05, 0) is 40.6 Å². The van der Waals surface area contributed by atoms with Gasteiger partial charge in [-0.25, -0.2) is 0 Å². The number of thioether (sulfide) groups is 1. The monoisotopic (exact) mass is 367 g/mol. The van der Waals surface area contributed by atoms with Crippen molar-refractivity contribution in [2.24, 2.45) is 5.92 Å². The molecule has 0 radical (unpaired) electrons. The summed E-state index contributed by atoms with van der Waals surface area (Å²) in [6.07, 6.45) is 2.17. The summed E-state index contributed by atoms with van der Waals surface area (Å²) in [6, 6.07) is 14.2. The first-order valence-electron chi connectivity index (χ1n) is 8.89. The molecule has 0 atom stereocenters. The molecule has 4 rings (SSSR count). The summed E-state index contributed by atoms with van der Waals surface area (Å²) in [7, 11) is 0. The highest BCUT2D eigenvalue weighted by Crippen LogP contribution is 2.25. The van der Waals surface area contributed by atoms with E-state index in [0.29, 0.717) is 16.8 Å². The standard InChI is InChI=1S/C19H21N5OS/c1-14-9-11-23(12-10-14)18(25)13-26-19-20-21-22-24(19)17-8-4-6-15-5-2-3-7-16(15)17/h2-8,14H,9-13H2,1H3. The van der Waals surface area contributed by atoms with E-state index in [-0.39, 0.29) is 5.91 Å². The molecular weight excluding hydrogens is 346 g/mol. The van der Waals surface area contributed by atoms with E-state index in [9.17, 15) is 4.79 Å². The quantitative estimate of drug-likeness (QED) is 0.663. The van der Waals surface area contributed by atoms with Crippen LogP contribution in [0, 0.1) is 5.92 Å². The molecule has 1 fully saturated rings. The van der Waals surface area contributed by atoms with Crippen molar-refractivity contribution in [3.05, 3.63) is 42.5 Å². The van der Waals surface area contributed by atoms with Gasteiger partial charge >= 0.3 is 0 Å². The van der Waals surface area contributed by atoms with E-state index >= 15 is 0 Å². The molecule has 1 aliphatic heterocycles.